The van der Waals surface area contributed by atoms with Gasteiger partial charge in [0.15, 0.2) is 6.61 Å². The molecule has 0 fully saturated rings. The molecule has 0 radical (unpaired) electrons. The van der Waals surface area contributed by atoms with Crippen LogP contribution in [0.1, 0.15) is 26.3 Å². The van der Waals surface area contributed by atoms with Gasteiger partial charge in [0.2, 0.25) is 0 Å². The van der Waals surface area contributed by atoms with Crippen LogP contribution in [0.2, 0.25) is 0 Å². The molecule has 1 aromatic rings. The molecule has 0 atom stereocenters. The van der Waals surface area contributed by atoms with Crippen molar-refractivity contribution in [1.82, 2.24) is 0 Å². The third-order valence-electron chi connectivity index (χ3n) is 2.63. The molecule has 0 bridgehead atoms. The number of hydrogen-bond donors (Lipinski definition) is 0. The Morgan fingerprint density at radius 2 is 1.91 bits per heavy atom. The van der Waals surface area contributed by atoms with Gasteiger partial charge in [0.25, 0.3) is 0 Å². The van der Waals surface area contributed by atoms with Gasteiger partial charge < -0.3 is 14.3 Å². The maximum atomic E-state index is 5.81. The van der Waals surface area contributed by atoms with Crippen molar-refractivity contribution >= 4 is 53.5 Å². The molecule has 4 nitrogen and oxygen atoms in total. The fourth-order valence-corrected chi connectivity index (χ4v) is 2.55. The average Bonchev–Trinajstić information content (AvgIpc) is 2.47. The molecule has 0 aromatic heterocycles. The topological polar surface area (TPSA) is 40.0 Å². The molecule has 1 rings (SSSR count). The Balaban J connectivity index is 2.69. The van der Waals surface area contributed by atoms with Crippen LogP contribution in [-0.2, 0) is 11.3 Å². The maximum Gasteiger partial charge on any atom is 0.151 e. The van der Waals surface area contributed by atoms with Crippen LogP contribution in [0.4, 0.5) is 0 Å². The molecule has 7 heteroatoms. The van der Waals surface area contributed by atoms with Crippen LogP contribution in [0.5, 0.6) is 11.5 Å². The zero-order valence-electron chi connectivity index (χ0n) is 13.4. The van der Waals surface area contributed by atoms with Gasteiger partial charge in [-0.1, -0.05) is 12.1 Å². The molecular formula is C16H20Br3NO3. The van der Waals surface area contributed by atoms with Crippen molar-refractivity contribution in [3.8, 4) is 11.5 Å². The third kappa shape index (κ3) is 8.22. The summed E-state index contributed by atoms with van der Waals surface area (Å²) < 4.78 is 13.2. The van der Waals surface area contributed by atoms with Gasteiger partial charge in [-0.15, -0.1) is 0 Å². The summed E-state index contributed by atoms with van der Waals surface area (Å²) in [6.45, 7) is 7.16. The van der Waals surface area contributed by atoms with E-state index in [1.54, 1.807) is 0 Å². The molecular weight excluding hydrogens is 494 g/mol. The van der Waals surface area contributed by atoms with Crippen LogP contribution >= 0.6 is 47.8 Å². The highest BCUT2D eigenvalue weighted by Gasteiger charge is 2.10. The van der Waals surface area contributed by atoms with Crippen molar-refractivity contribution < 1.29 is 14.3 Å². The summed E-state index contributed by atoms with van der Waals surface area (Å²) >= 11 is 10.1. The van der Waals surface area contributed by atoms with Crippen molar-refractivity contribution in [1.29, 1.82) is 0 Å². The number of benzene rings is 1. The minimum atomic E-state index is 0.406. The van der Waals surface area contributed by atoms with Gasteiger partial charge >= 0.3 is 0 Å². The molecule has 0 N–H and O–H groups in total. The standard InChI is InChI=1S/C16H20Br3NO3/c1-4-12-9-13(21-6-5-15(18)19)10-14(17)16(12)22-7-8-23-20-11(2)3/h5,9-10H,4,6-8H2,1-3H3. The summed E-state index contributed by atoms with van der Waals surface area (Å²) in [5, 5.41) is 3.87. The lowest BCUT2D eigenvalue weighted by Crippen LogP contribution is -2.07. The highest BCUT2D eigenvalue weighted by atomic mass is 79.9. The third-order valence-corrected chi connectivity index (χ3v) is 3.87. The van der Waals surface area contributed by atoms with Crippen molar-refractivity contribution in [2.45, 2.75) is 27.2 Å². The summed E-state index contributed by atoms with van der Waals surface area (Å²) in [5.41, 5.74) is 1.96. The summed E-state index contributed by atoms with van der Waals surface area (Å²) in [5.74, 6) is 1.61. The number of ether oxygens (including phenoxy) is 2. The molecule has 0 aliphatic carbocycles. The minimum Gasteiger partial charge on any atom is -0.489 e. The normalized spacial score (nSPS) is 10.0. The monoisotopic (exact) mass is 511 g/mol. The zero-order valence-corrected chi connectivity index (χ0v) is 18.1. The predicted molar refractivity (Wildman–Crippen MR) is 105 cm³/mol. The first-order chi connectivity index (χ1) is 10.9. The SMILES string of the molecule is CCc1cc(OCC=C(Br)Br)cc(Br)c1OCCON=C(C)C. The van der Waals surface area contributed by atoms with Crippen LogP contribution in [0.15, 0.2) is 31.2 Å². The molecule has 23 heavy (non-hydrogen) atoms. The Morgan fingerprint density at radius 1 is 1.17 bits per heavy atom. The first-order valence-corrected chi connectivity index (χ1v) is 9.54. The van der Waals surface area contributed by atoms with Gasteiger partial charge in [-0.3, -0.25) is 0 Å². The fraction of sp³-hybridized carbons (Fsp3) is 0.438. The highest BCUT2D eigenvalue weighted by molar-refractivity contribution is 9.28. The number of nitrogens with zero attached hydrogens (tertiary/aromatic N) is 1. The van der Waals surface area contributed by atoms with Crippen molar-refractivity contribution in [3.05, 3.63) is 31.6 Å². The van der Waals surface area contributed by atoms with E-state index in [1.165, 1.54) is 0 Å². The Labute approximate surface area is 162 Å². The second-order valence-electron chi connectivity index (χ2n) is 4.77. The lowest BCUT2D eigenvalue weighted by molar-refractivity contribution is 0.106. The second kappa shape index (κ2) is 11.1. The Bertz CT molecular complexity index is 566. The van der Waals surface area contributed by atoms with Crippen LogP contribution in [0.25, 0.3) is 0 Å². The summed E-state index contributed by atoms with van der Waals surface area (Å²) in [7, 11) is 0. The molecule has 0 saturated carbocycles. The van der Waals surface area contributed by atoms with E-state index >= 15 is 0 Å². The largest absolute Gasteiger partial charge is 0.489 e. The summed E-state index contributed by atoms with van der Waals surface area (Å²) in [4.78, 5) is 5.14. The Kier molecular flexibility index (Phi) is 9.90. The van der Waals surface area contributed by atoms with E-state index in [1.807, 2.05) is 32.1 Å². The highest BCUT2D eigenvalue weighted by Crippen LogP contribution is 2.34. The van der Waals surface area contributed by atoms with E-state index < -0.39 is 0 Å². The number of halogens is 3. The Morgan fingerprint density at radius 3 is 2.52 bits per heavy atom. The first kappa shape index (κ1) is 20.5. The minimum absolute atomic E-state index is 0.406. The molecule has 0 aliphatic heterocycles. The van der Waals surface area contributed by atoms with Crippen LogP contribution in [0, 0.1) is 0 Å². The first-order valence-electron chi connectivity index (χ1n) is 7.16. The molecule has 0 heterocycles. The van der Waals surface area contributed by atoms with Gasteiger partial charge in [-0.2, -0.15) is 0 Å². The lowest BCUT2D eigenvalue weighted by Gasteiger charge is -2.14. The molecule has 0 unspecified atom stereocenters. The smallest absolute Gasteiger partial charge is 0.151 e. The van der Waals surface area contributed by atoms with E-state index in [0.29, 0.717) is 19.8 Å². The van der Waals surface area contributed by atoms with E-state index in [0.717, 1.165) is 37.1 Å². The van der Waals surface area contributed by atoms with E-state index in [2.05, 4.69) is 59.9 Å². The van der Waals surface area contributed by atoms with Gasteiger partial charge in [0.05, 0.1) is 13.6 Å². The van der Waals surface area contributed by atoms with Crippen molar-refractivity contribution in [2.75, 3.05) is 19.8 Å². The summed E-state index contributed by atoms with van der Waals surface area (Å²) in [6, 6.07) is 3.89. The number of oxime groups is 1. The second-order valence-corrected chi connectivity index (χ2v) is 8.40. The zero-order chi connectivity index (χ0) is 17.2. The van der Waals surface area contributed by atoms with Gasteiger partial charge in [-0.25, -0.2) is 0 Å². The molecule has 0 aliphatic rings. The van der Waals surface area contributed by atoms with Crippen LogP contribution < -0.4 is 9.47 Å². The number of rotatable bonds is 9. The number of hydrogen-bond acceptors (Lipinski definition) is 4. The van der Waals surface area contributed by atoms with E-state index in [-0.39, 0.29) is 0 Å². The van der Waals surface area contributed by atoms with Crippen molar-refractivity contribution in [3.63, 3.8) is 0 Å². The summed E-state index contributed by atoms with van der Waals surface area (Å²) in [6.07, 6.45) is 2.73. The molecule has 0 spiro atoms. The quantitative estimate of drug-likeness (QED) is 0.237. The number of aryl methyl sites for hydroxylation is 1. The van der Waals surface area contributed by atoms with Crippen LogP contribution in [-0.4, -0.2) is 25.5 Å². The van der Waals surface area contributed by atoms with Gasteiger partial charge in [0, 0.05) is 0 Å². The Hall–Kier alpha value is -0.530. The predicted octanol–water partition coefficient (Wildman–Crippen LogP) is 5.81. The van der Waals surface area contributed by atoms with Gasteiger partial charge in [-0.05, 0) is 91.8 Å². The maximum absolute atomic E-state index is 5.81. The molecule has 0 amide bonds. The molecule has 1 aromatic carbocycles. The average molecular weight is 514 g/mol. The van der Waals surface area contributed by atoms with Crippen LogP contribution in [0.3, 0.4) is 0 Å². The fourth-order valence-electron chi connectivity index (χ4n) is 1.69. The van der Waals surface area contributed by atoms with E-state index in [4.69, 9.17) is 14.3 Å². The molecule has 128 valence electrons. The lowest BCUT2D eigenvalue weighted by atomic mass is 10.1. The van der Waals surface area contributed by atoms with E-state index in [9.17, 15) is 0 Å². The molecule has 0 saturated heterocycles. The van der Waals surface area contributed by atoms with Crippen molar-refractivity contribution in [2.24, 2.45) is 5.16 Å². The van der Waals surface area contributed by atoms with Gasteiger partial charge in [0.1, 0.15) is 24.7 Å².